The van der Waals surface area contributed by atoms with Crippen LogP contribution in [0.1, 0.15) is 15.9 Å². The second kappa shape index (κ2) is 6.67. The molecule has 122 valence electrons. The number of aromatic nitrogens is 1. The molecule has 0 unspecified atom stereocenters. The predicted molar refractivity (Wildman–Crippen MR) is 94.1 cm³/mol. The molecule has 1 heterocycles. The number of anilines is 2. The van der Waals surface area contributed by atoms with Crippen LogP contribution < -0.4 is 11.1 Å². The number of rotatable bonds is 4. The fraction of sp³-hybridized carbons (Fsp3) is 0.118. The van der Waals surface area contributed by atoms with Crippen molar-refractivity contribution in [1.82, 2.24) is 4.98 Å². The Morgan fingerprint density at radius 3 is 2.67 bits per heavy atom. The molecule has 0 fully saturated rings. The summed E-state index contributed by atoms with van der Waals surface area (Å²) >= 11 is 1.34. The van der Waals surface area contributed by atoms with Gasteiger partial charge in [-0.05, 0) is 35.9 Å². The van der Waals surface area contributed by atoms with Crippen LogP contribution in [0.15, 0.2) is 42.5 Å². The highest BCUT2D eigenvalue weighted by atomic mass is 32.1. The largest absolute Gasteiger partial charge is 0.469 e. The third-order valence-corrected chi connectivity index (χ3v) is 4.30. The Bertz CT molecular complexity index is 903. The maximum absolute atomic E-state index is 12.3. The van der Waals surface area contributed by atoms with Crippen LogP contribution in [0.3, 0.4) is 0 Å². The number of amides is 1. The highest BCUT2D eigenvalue weighted by Gasteiger charge is 2.10. The Labute approximate surface area is 142 Å². The van der Waals surface area contributed by atoms with Gasteiger partial charge < -0.3 is 15.8 Å². The van der Waals surface area contributed by atoms with Gasteiger partial charge in [0.2, 0.25) is 0 Å². The Morgan fingerprint density at radius 1 is 1.21 bits per heavy atom. The van der Waals surface area contributed by atoms with Crippen LogP contribution in [0.4, 0.5) is 10.8 Å². The predicted octanol–water partition coefficient (Wildman–Crippen LogP) is 2.85. The van der Waals surface area contributed by atoms with Crippen LogP contribution in [-0.4, -0.2) is 24.0 Å². The van der Waals surface area contributed by atoms with Crippen molar-refractivity contribution >= 4 is 44.2 Å². The van der Waals surface area contributed by atoms with Gasteiger partial charge in [0.25, 0.3) is 5.91 Å². The molecular weight excluding hydrogens is 326 g/mol. The van der Waals surface area contributed by atoms with Gasteiger partial charge >= 0.3 is 5.97 Å². The second-order valence-electron chi connectivity index (χ2n) is 5.14. The fourth-order valence-corrected chi connectivity index (χ4v) is 3.01. The molecule has 2 aromatic carbocycles. The summed E-state index contributed by atoms with van der Waals surface area (Å²) < 4.78 is 5.49. The second-order valence-corrected chi connectivity index (χ2v) is 6.20. The number of nitrogens with zero attached hydrogens (tertiary/aromatic N) is 1. The van der Waals surface area contributed by atoms with E-state index in [-0.39, 0.29) is 18.3 Å². The van der Waals surface area contributed by atoms with E-state index >= 15 is 0 Å². The van der Waals surface area contributed by atoms with E-state index in [0.717, 1.165) is 15.8 Å². The highest BCUT2D eigenvalue weighted by Crippen LogP contribution is 2.25. The Hall–Kier alpha value is -2.93. The maximum Gasteiger partial charge on any atom is 0.309 e. The van der Waals surface area contributed by atoms with Crippen LogP contribution in [0.25, 0.3) is 10.2 Å². The lowest BCUT2D eigenvalue weighted by Crippen LogP contribution is -2.11. The number of carbonyl (C=O) groups excluding carboxylic acids is 2. The molecule has 0 aliphatic heterocycles. The zero-order valence-corrected chi connectivity index (χ0v) is 13.7. The van der Waals surface area contributed by atoms with Gasteiger partial charge in [0.15, 0.2) is 5.13 Å². The first kappa shape index (κ1) is 15.9. The van der Waals surface area contributed by atoms with Crippen LogP contribution in [-0.2, 0) is 16.0 Å². The monoisotopic (exact) mass is 341 g/mol. The molecular formula is C17H15N3O3S. The first-order chi connectivity index (χ1) is 11.5. The van der Waals surface area contributed by atoms with Gasteiger partial charge in [0, 0.05) is 11.3 Å². The standard InChI is InChI=1S/C17H15N3O3S/c1-23-15(21)8-10-2-5-12(6-3-10)19-16(22)11-4-7-13-14(9-11)24-17(18)20-13/h2-7,9H,8H2,1H3,(H2,18,20)(H,19,22). The quantitative estimate of drug-likeness (QED) is 0.712. The lowest BCUT2D eigenvalue weighted by Gasteiger charge is -2.06. The summed E-state index contributed by atoms with van der Waals surface area (Å²) in [6.45, 7) is 0. The average molecular weight is 341 g/mol. The van der Waals surface area contributed by atoms with Crippen molar-refractivity contribution in [3.05, 3.63) is 53.6 Å². The van der Waals surface area contributed by atoms with Gasteiger partial charge in [-0.2, -0.15) is 0 Å². The third-order valence-electron chi connectivity index (χ3n) is 3.46. The summed E-state index contributed by atoms with van der Waals surface area (Å²) in [5.41, 5.74) is 8.46. The number of thiazole rings is 1. The number of ether oxygens (including phenoxy) is 1. The van der Waals surface area contributed by atoms with Crippen molar-refractivity contribution in [2.75, 3.05) is 18.2 Å². The van der Waals surface area contributed by atoms with E-state index < -0.39 is 0 Å². The van der Waals surface area contributed by atoms with E-state index in [2.05, 4.69) is 15.0 Å². The normalized spacial score (nSPS) is 10.5. The minimum absolute atomic E-state index is 0.203. The summed E-state index contributed by atoms with van der Waals surface area (Å²) in [6, 6.07) is 12.3. The lowest BCUT2D eigenvalue weighted by molar-refractivity contribution is -0.139. The molecule has 3 aromatic rings. The first-order valence-corrected chi connectivity index (χ1v) is 8.00. The molecule has 3 N–H and O–H groups in total. The summed E-state index contributed by atoms with van der Waals surface area (Å²) in [5.74, 6) is -0.520. The molecule has 24 heavy (non-hydrogen) atoms. The molecule has 6 nitrogen and oxygen atoms in total. The van der Waals surface area contributed by atoms with Crippen molar-refractivity contribution in [1.29, 1.82) is 0 Å². The van der Waals surface area contributed by atoms with Gasteiger partial charge in [0.1, 0.15) is 0 Å². The van der Waals surface area contributed by atoms with Crippen molar-refractivity contribution in [3.63, 3.8) is 0 Å². The molecule has 1 aromatic heterocycles. The molecule has 0 saturated heterocycles. The Kier molecular flexibility index (Phi) is 4.43. The van der Waals surface area contributed by atoms with Crippen LogP contribution in [0.2, 0.25) is 0 Å². The van der Waals surface area contributed by atoms with Crippen molar-refractivity contribution < 1.29 is 14.3 Å². The lowest BCUT2D eigenvalue weighted by atomic mass is 10.1. The number of fused-ring (bicyclic) bond motifs is 1. The zero-order valence-electron chi connectivity index (χ0n) is 12.9. The van der Waals surface area contributed by atoms with Crippen molar-refractivity contribution in [2.24, 2.45) is 0 Å². The van der Waals surface area contributed by atoms with Gasteiger partial charge in [0.05, 0.1) is 23.7 Å². The van der Waals surface area contributed by atoms with Gasteiger partial charge in [-0.1, -0.05) is 23.5 Å². The van der Waals surface area contributed by atoms with Crippen LogP contribution >= 0.6 is 11.3 Å². The molecule has 0 aliphatic rings. The minimum atomic E-state index is -0.302. The first-order valence-electron chi connectivity index (χ1n) is 7.18. The minimum Gasteiger partial charge on any atom is -0.469 e. The third kappa shape index (κ3) is 3.52. The van der Waals surface area contributed by atoms with Gasteiger partial charge in [-0.25, -0.2) is 4.98 Å². The summed E-state index contributed by atoms with van der Waals surface area (Å²) in [4.78, 5) is 27.7. The molecule has 1 amide bonds. The topological polar surface area (TPSA) is 94.3 Å². The number of esters is 1. The summed E-state index contributed by atoms with van der Waals surface area (Å²) in [6.07, 6.45) is 0.203. The number of carbonyl (C=O) groups is 2. The van der Waals surface area contributed by atoms with Crippen LogP contribution in [0, 0.1) is 0 Å². The average Bonchev–Trinajstić information content (AvgIpc) is 2.95. The molecule has 0 saturated carbocycles. The molecule has 0 bridgehead atoms. The van der Waals surface area contributed by atoms with Crippen molar-refractivity contribution in [3.8, 4) is 0 Å². The Balaban J connectivity index is 1.72. The van der Waals surface area contributed by atoms with E-state index in [1.54, 1.807) is 42.5 Å². The molecule has 0 aliphatic carbocycles. The molecule has 0 atom stereocenters. The van der Waals surface area contributed by atoms with Crippen LogP contribution in [0.5, 0.6) is 0 Å². The number of benzene rings is 2. The number of methoxy groups -OCH3 is 1. The van der Waals surface area contributed by atoms with Gasteiger partial charge in [-0.3, -0.25) is 9.59 Å². The smallest absolute Gasteiger partial charge is 0.309 e. The summed E-state index contributed by atoms with van der Waals surface area (Å²) in [5, 5.41) is 3.30. The maximum atomic E-state index is 12.3. The molecule has 7 heteroatoms. The van der Waals surface area contributed by atoms with E-state index in [9.17, 15) is 9.59 Å². The zero-order chi connectivity index (χ0) is 17.1. The molecule has 0 radical (unpaired) electrons. The number of nitrogen functional groups attached to an aromatic ring is 1. The number of nitrogens with two attached hydrogens (primary N) is 1. The van der Waals surface area contributed by atoms with Crippen molar-refractivity contribution in [2.45, 2.75) is 6.42 Å². The SMILES string of the molecule is COC(=O)Cc1ccc(NC(=O)c2ccc3nc(N)sc3c2)cc1. The fourth-order valence-electron chi connectivity index (χ4n) is 2.23. The van der Waals surface area contributed by atoms with E-state index in [1.165, 1.54) is 18.4 Å². The number of hydrogen-bond donors (Lipinski definition) is 2. The summed E-state index contributed by atoms with van der Waals surface area (Å²) in [7, 11) is 1.35. The number of hydrogen-bond acceptors (Lipinski definition) is 6. The highest BCUT2D eigenvalue weighted by molar-refractivity contribution is 7.22. The van der Waals surface area contributed by atoms with Gasteiger partial charge in [-0.15, -0.1) is 0 Å². The molecule has 0 spiro atoms. The van der Waals surface area contributed by atoms with E-state index in [4.69, 9.17) is 5.73 Å². The van der Waals surface area contributed by atoms with E-state index in [1.807, 2.05) is 0 Å². The van der Waals surface area contributed by atoms with E-state index in [0.29, 0.717) is 16.4 Å². The number of nitrogens with one attached hydrogen (secondary N) is 1. The Morgan fingerprint density at radius 2 is 1.96 bits per heavy atom. The molecule has 3 rings (SSSR count).